The molecule has 0 radical (unpaired) electrons. The molecule has 1 saturated heterocycles. The van der Waals surface area contributed by atoms with Gasteiger partial charge in [-0.1, -0.05) is 76.9 Å². The number of carbonyl (C=O) groups excluding carboxylic acids is 2. The molecule has 2 aromatic carbocycles. The number of fused-ring (bicyclic) bond motifs is 2. The molecular formula is C38H46N6O3. The van der Waals surface area contributed by atoms with E-state index >= 15 is 0 Å². The van der Waals surface area contributed by atoms with E-state index in [9.17, 15) is 9.59 Å². The Morgan fingerprint density at radius 3 is 2.38 bits per heavy atom. The third kappa shape index (κ3) is 5.63. The van der Waals surface area contributed by atoms with Gasteiger partial charge in [0, 0.05) is 12.1 Å². The molecule has 2 amide bonds. The van der Waals surface area contributed by atoms with Crippen LogP contribution in [0.3, 0.4) is 0 Å². The summed E-state index contributed by atoms with van der Waals surface area (Å²) in [7, 11) is 1.32. The maximum Gasteiger partial charge on any atom is 0.407 e. The number of alkyl carbamates (subject to hydrolysis) is 1. The fourth-order valence-corrected chi connectivity index (χ4v) is 8.56. The number of rotatable bonds is 7. The number of aromatic nitrogens is 4. The fourth-order valence-electron chi connectivity index (χ4n) is 8.56. The highest BCUT2D eigenvalue weighted by molar-refractivity contribution is 5.86. The van der Waals surface area contributed by atoms with E-state index in [1.807, 2.05) is 31.1 Å². The molecule has 2 aliphatic carbocycles. The van der Waals surface area contributed by atoms with Crippen LogP contribution >= 0.6 is 0 Å². The van der Waals surface area contributed by atoms with Gasteiger partial charge in [-0.25, -0.2) is 14.8 Å². The summed E-state index contributed by atoms with van der Waals surface area (Å²) in [5.74, 6) is 0.593. The lowest BCUT2D eigenvalue weighted by molar-refractivity contribution is -0.135. The van der Waals surface area contributed by atoms with Gasteiger partial charge in [0.2, 0.25) is 5.91 Å². The van der Waals surface area contributed by atoms with Crippen molar-refractivity contribution in [3.8, 4) is 33.6 Å². The molecule has 2 atom stereocenters. The lowest BCUT2D eigenvalue weighted by atomic mass is 9.76. The Hall–Kier alpha value is -4.40. The standard InChI is InChI=1S/C38H46N6O3/c1-23(2)33(43-36(46)47-5)35(45)44-21-37(3,4)18-31(44)34-40-20-30(42-34)27-13-12-26(32-28(27)14-17-38(32)15-6-7-16-38)24-8-10-25(11-9-24)29-19-39-22-41-29/h8-13,19-20,22-23,31,33H,6-7,14-18,21H2,1-5H3,(H,39,41)(H,40,42)(H,43,46)/t31-,33-/m0/s1. The predicted molar refractivity (Wildman–Crippen MR) is 183 cm³/mol. The molecule has 1 saturated carbocycles. The van der Waals surface area contributed by atoms with E-state index in [2.05, 4.69) is 70.5 Å². The van der Waals surface area contributed by atoms with Gasteiger partial charge in [0.05, 0.1) is 43.3 Å². The Kier molecular flexibility index (Phi) is 7.97. The van der Waals surface area contributed by atoms with Gasteiger partial charge in [0.25, 0.3) is 0 Å². The maximum absolute atomic E-state index is 14.0. The molecule has 3 aliphatic rings. The van der Waals surface area contributed by atoms with Gasteiger partial charge in [-0.05, 0) is 76.7 Å². The lowest BCUT2D eigenvalue weighted by Crippen LogP contribution is -2.51. The van der Waals surface area contributed by atoms with Crippen molar-refractivity contribution in [2.24, 2.45) is 11.3 Å². The SMILES string of the molecule is COC(=O)N[C@H](C(=O)N1CC(C)(C)C[C@H]1c1ncc(-c2ccc(-c3ccc(-c4cnc[nH]4)cc3)c3c2CCC32CCCC2)[nH]1)C(C)C. The lowest BCUT2D eigenvalue weighted by Gasteiger charge is -2.30. The number of hydrogen-bond donors (Lipinski definition) is 3. The molecule has 246 valence electrons. The number of aromatic amines is 2. The molecule has 0 bridgehead atoms. The van der Waals surface area contributed by atoms with Crippen LogP contribution < -0.4 is 5.32 Å². The maximum atomic E-state index is 14.0. The summed E-state index contributed by atoms with van der Waals surface area (Å²) in [4.78, 5) is 44.0. The zero-order valence-electron chi connectivity index (χ0n) is 28.2. The van der Waals surface area contributed by atoms with E-state index in [-0.39, 0.29) is 28.7 Å². The molecule has 2 aromatic heterocycles. The van der Waals surface area contributed by atoms with Gasteiger partial charge in [0.1, 0.15) is 11.9 Å². The van der Waals surface area contributed by atoms with E-state index in [0.29, 0.717) is 6.54 Å². The van der Waals surface area contributed by atoms with E-state index in [1.54, 1.807) is 6.33 Å². The second-order valence-corrected chi connectivity index (χ2v) is 14.9. The highest BCUT2D eigenvalue weighted by Gasteiger charge is 2.46. The summed E-state index contributed by atoms with van der Waals surface area (Å²) in [6.07, 6.45) is 13.0. The first-order valence-electron chi connectivity index (χ1n) is 17.0. The summed E-state index contributed by atoms with van der Waals surface area (Å²) in [5.41, 5.74) is 10.0. The van der Waals surface area contributed by atoms with Crippen LogP contribution in [-0.2, 0) is 21.4 Å². The number of likely N-dealkylation sites (tertiary alicyclic amines) is 1. The van der Waals surface area contributed by atoms with Crippen LogP contribution in [0.25, 0.3) is 33.6 Å². The van der Waals surface area contributed by atoms with E-state index in [0.717, 1.165) is 35.6 Å². The molecule has 47 heavy (non-hydrogen) atoms. The van der Waals surface area contributed by atoms with E-state index in [1.165, 1.54) is 67.0 Å². The Labute approximate surface area is 276 Å². The van der Waals surface area contributed by atoms with Crippen molar-refractivity contribution < 1.29 is 14.3 Å². The van der Waals surface area contributed by atoms with Crippen molar-refractivity contribution in [3.05, 3.63) is 72.1 Å². The number of ether oxygens (including phenoxy) is 1. The summed E-state index contributed by atoms with van der Waals surface area (Å²) in [5, 5.41) is 2.77. The summed E-state index contributed by atoms with van der Waals surface area (Å²) < 4.78 is 4.83. The van der Waals surface area contributed by atoms with Crippen LogP contribution in [0.5, 0.6) is 0 Å². The topological polar surface area (TPSA) is 116 Å². The predicted octanol–water partition coefficient (Wildman–Crippen LogP) is 7.57. The van der Waals surface area contributed by atoms with Gasteiger partial charge in [-0.3, -0.25) is 4.79 Å². The van der Waals surface area contributed by atoms with Crippen LogP contribution in [0.15, 0.2) is 55.1 Å². The van der Waals surface area contributed by atoms with Crippen molar-refractivity contribution in [1.29, 1.82) is 0 Å². The van der Waals surface area contributed by atoms with Crippen molar-refractivity contribution in [1.82, 2.24) is 30.2 Å². The second kappa shape index (κ2) is 12.0. The molecule has 3 N–H and O–H groups in total. The first-order valence-corrected chi connectivity index (χ1v) is 17.0. The van der Waals surface area contributed by atoms with Crippen molar-refractivity contribution in [3.63, 3.8) is 0 Å². The van der Waals surface area contributed by atoms with Gasteiger partial charge < -0.3 is 24.9 Å². The van der Waals surface area contributed by atoms with Crippen molar-refractivity contribution in [2.75, 3.05) is 13.7 Å². The Bertz CT molecular complexity index is 1770. The molecule has 1 aliphatic heterocycles. The van der Waals surface area contributed by atoms with Crippen LogP contribution in [0.2, 0.25) is 0 Å². The van der Waals surface area contributed by atoms with Crippen molar-refractivity contribution in [2.45, 2.75) is 90.1 Å². The molecule has 4 aromatic rings. The van der Waals surface area contributed by atoms with Gasteiger partial charge in [-0.2, -0.15) is 0 Å². The number of methoxy groups -OCH3 is 1. The Balaban J connectivity index is 1.24. The number of nitrogens with one attached hydrogen (secondary N) is 3. The zero-order valence-corrected chi connectivity index (χ0v) is 28.2. The third-order valence-corrected chi connectivity index (χ3v) is 10.9. The number of nitrogens with zero attached hydrogens (tertiary/aromatic N) is 3. The first-order chi connectivity index (χ1) is 22.6. The molecule has 1 spiro atoms. The van der Waals surface area contributed by atoms with Crippen LogP contribution in [-0.4, -0.2) is 56.5 Å². The number of H-pyrrole nitrogens is 2. The third-order valence-electron chi connectivity index (χ3n) is 10.9. The Morgan fingerprint density at radius 1 is 0.979 bits per heavy atom. The number of amides is 2. The minimum Gasteiger partial charge on any atom is -0.453 e. The molecule has 0 unspecified atom stereocenters. The van der Waals surface area contributed by atoms with Gasteiger partial charge >= 0.3 is 6.09 Å². The number of imidazole rings is 2. The minimum atomic E-state index is -0.680. The normalized spacial score (nSPS) is 20.1. The van der Waals surface area contributed by atoms with Crippen molar-refractivity contribution >= 4 is 12.0 Å². The molecular weight excluding hydrogens is 588 g/mol. The summed E-state index contributed by atoms with van der Waals surface area (Å²) in [6, 6.07) is 12.5. The van der Waals surface area contributed by atoms with Gasteiger partial charge in [-0.15, -0.1) is 0 Å². The monoisotopic (exact) mass is 634 g/mol. The summed E-state index contributed by atoms with van der Waals surface area (Å²) in [6.45, 7) is 8.83. The number of carbonyl (C=O) groups is 2. The van der Waals surface area contributed by atoms with Gasteiger partial charge in [0.15, 0.2) is 0 Å². The second-order valence-electron chi connectivity index (χ2n) is 14.9. The first kappa shape index (κ1) is 31.2. The molecule has 9 heteroatoms. The van der Waals surface area contributed by atoms with E-state index in [4.69, 9.17) is 9.72 Å². The number of hydrogen-bond acceptors (Lipinski definition) is 5. The zero-order chi connectivity index (χ0) is 32.9. The molecule has 2 fully saturated rings. The summed E-state index contributed by atoms with van der Waals surface area (Å²) >= 11 is 0. The average Bonchev–Trinajstić information content (AvgIpc) is 3.91. The molecule has 9 nitrogen and oxygen atoms in total. The molecule has 3 heterocycles. The van der Waals surface area contributed by atoms with Crippen LogP contribution in [0.1, 0.15) is 89.2 Å². The highest BCUT2D eigenvalue weighted by Crippen LogP contribution is 2.55. The van der Waals surface area contributed by atoms with E-state index < -0.39 is 12.1 Å². The van der Waals surface area contributed by atoms with Crippen LogP contribution in [0, 0.1) is 11.3 Å². The quantitative estimate of drug-likeness (QED) is 0.194. The number of benzene rings is 2. The molecule has 7 rings (SSSR count). The smallest absolute Gasteiger partial charge is 0.407 e. The Morgan fingerprint density at radius 2 is 1.70 bits per heavy atom. The highest BCUT2D eigenvalue weighted by atomic mass is 16.5. The fraction of sp³-hybridized carbons (Fsp3) is 0.474. The van der Waals surface area contributed by atoms with Crippen LogP contribution in [0.4, 0.5) is 4.79 Å². The minimum absolute atomic E-state index is 0.0925. The average molecular weight is 635 g/mol. The largest absolute Gasteiger partial charge is 0.453 e.